The minimum atomic E-state index is 0.174. The third kappa shape index (κ3) is 3.34. The predicted molar refractivity (Wildman–Crippen MR) is 92.4 cm³/mol. The van der Waals surface area contributed by atoms with E-state index in [-0.39, 0.29) is 5.28 Å². The van der Waals surface area contributed by atoms with Crippen molar-refractivity contribution >= 4 is 34.6 Å². The van der Waals surface area contributed by atoms with Crippen molar-refractivity contribution in [2.24, 2.45) is 0 Å². The molecule has 1 saturated heterocycles. The van der Waals surface area contributed by atoms with Gasteiger partial charge in [0.1, 0.15) is 0 Å². The molecule has 3 rings (SSSR count). The number of halogens is 2. The van der Waals surface area contributed by atoms with Gasteiger partial charge in [0.2, 0.25) is 5.28 Å². The van der Waals surface area contributed by atoms with Crippen LogP contribution in [0.5, 0.6) is 0 Å². The van der Waals surface area contributed by atoms with Gasteiger partial charge in [-0.25, -0.2) is 9.97 Å². The number of rotatable bonds is 2. The van der Waals surface area contributed by atoms with Crippen LogP contribution < -0.4 is 9.80 Å². The molecule has 7 heteroatoms. The van der Waals surface area contributed by atoms with E-state index in [0.29, 0.717) is 10.7 Å². The molecule has 0 aliphatic carbocycles. The van der Waals surface area contributed by atoms with E-state index in [0.717, 1.165) is 43.2 Å². The zero-order chi connectivity index (χ0) is 16.4. The first-order chi connectivity index (χ1) is 11.1. The predicted octanol–water partition coefficient (Wildman–Crippen LogP) is 3.29. The summed E-state index contributed by atoms with van der Waals surface area (Å²) in [6.07, 6.45) is 0. The number of benzene rings is 1. The third-order valence-corrected chi connectivity index (χ3v) is 4.38. The Kier molecular flexibility index (Phi) is 4.56. The standard InChI is InChI=1S/C16H15Cl2N5/c1-11-14(15(17)21-16(18)20-11)23-8-6-22(7-9-23)13-4-2-12(10-19)3-5-13/h2-5H,6-9H2,1H3. The van der Waals surface area contributed by atoms with E-state index in [2.05, 4.69) is 25.8 Å². The van der Waals surface area contributed by atoms with Crippen LogP contribution in [-0.2, 0) is 0 Å². The highest BCUT2D eigenvalue weighted by Gasteiger charge is 2.22. The van der Waals surface area contributed by atoms with Gasteiger partial charge in [0.15, 0.2) is 5.15 Å². The van der Waals surface area contributed by atoms with Crippen molar-refractivity contribution in [3.8, 4) is 6.07 Å². The maximum atomic E-state index is 8.87. The Morgan fingerprint density at radius 2 is 1.61 bits per heavy atom. The number of nitriles is 1. The van der Waals surface area contributed by atoms with Gasteiger partial charge in [-0.05, 0) is 42.8 Å². The lowest BCUT2D eigenvalue weighted by Gasteiger charge is -2.37. The molecule has 0 radical (unpaired) electrons. The number of hydrogen-bond donors (Lipinski definition) is 0. The topological polar surface area (TPSA) is 56.1 Å². The van der Waals surface area contributed by atoms with E-state index in [1.165, 1.54) is 0 Å². The van der Waals surface area contributed by atoms with Gasteiger partial charge < -0.3 is 9.80 Å². The largest absolute Gasteiger partial charge is 0.368 e. The van der Waals surface area contributed by atoms with Crippen molar-refractivity contribution < 1.29 is 0 Å². The van der Waals surface area contributed by atoms with Gasteiger partial charge in [-0.3, -0.25) is 0 Å². The monoisotopic (exact) mass is 347 g/mol. The lowest BCUT2D eigenvalue weighted by atomic mass is 10.2. The van der Waals surface area contributed by atoms with Crippen LogP contribution >= 0.6 is 23.2 Å². The maximum absolute atomic E-state index is 8.87. The second-order valence-electron chi connectivity index (χ2n) is 5.35. The molecular weight excluding hydrogens is 333 g/mol. The van der Waals surface area contributed by atoms with Gasteiger partial charge in [0, 0.05) is 31.9 Å². The normalized spacial score (nSPS) is 14.7. The average Bonchev–Trinajstić information content (AvgIpc) is 2.55. The highest BCUT2D eigenvalue weighted by molar-refractivity contribution is 6.33. The van der Waals surface area contributed by atoms with E-state index in [1.807, 2.05) is 31.2 Å². The molecule has 0 spiro atoms. The van der Waals surface area contributed by atoms with Gasteiger partial charge in [-0.2, -0.15) is 5.26 Å². The van der Waals surface area contributed by atoms with E-state index >= 15 is 0 Å². The summed E-state index contributed by atoms with van der Waals surface area (Å²) in [6, 6.07) is 9.79. The first kappa shape index (κ1) is 15.9. The summed E-state index contributed by atoms with van der Waals surface area (Å²) in [5.41, 5.74) is 3.45. The Morgan fingerprint density at radius 1 is 1.00 bits per heavy atom. The zero-order valence-corrected chi connectivity index (χ0v) is 14.1. The molecule has 1 fully saturated rings. The highest BCUT2D eigenvalue weighted by Crippen LogP contribution is 2.29. The molecule has 1 aliphatic rings. The van der Waals surface area contributed by atoms with Gasteiger partial charge in [0.25, 0.3) is 0 Å². The van der Waals surface area contributed by atoms with Crippen molar-refractivity contribution in [3.05, 3.63) is 46.0 Å². The fraction of sp³-hybridized carbons (Fsp3) is 0.312. The number of piperazine rings is 1. The summed E-state index contributed by atoms with van der Waals surface area (Å²) >= 11 is 12.1. The van der Waals surface area contributed by atoms with Gasteiger partial charge in [-0.1, -0.05) is 11.6 Å². The van der Waals surface area contributed by atoms with E-state index in [1.54, 1.807) is 0 Å². The van der Waals surface area contributed by atoms with Gasteiger partial charge >= 0.3 is 0 Å². The second kappa shape index (κ2) is 6.61. The summed E-state index contributed by atoms with van der Waals surface area (Å²) in [6.45, 7) is 5.27. The molecule has 2 heterocycles. The van der Waals surface area contributed by atoms with Crippen LogP contribution in [0.2, 0.25) is 10.4 Å². The van der Waals surface area contributed by atoms with Crippen molar-refractivity contribution in [1.29, 1.82) is 5.26 Å². The van der Waals surface area contributed by atoms with Gasteiger partial charge in [-0.15, -0.1) is 0 Å². The number of nitrogens with zero attached hydrogens (tertiary/aromatic N) is 5. The third-order valence-electron chi connectivity index (χ3n) is 3.95. The van der Waals surface area contributed by atoms with E-state index in [4.69, 9.17) is 28.5 Å². The quantitative estimate of drug-likeness (QED) is 0.616. The molecule has 0 saturated carbocycles. The lowest BCUT2D eigenvalue weighted by Crippen LogP contribution is -2.47. The van der Waals surface area contributed by atoms with Crippen molar-refractivity contribution in [3.63, 3.8) is 0 Å². The number of hydrogen-bond acceptors (Lipinski definition) is 5. The minimum absolute atomic E-state index is 0.174. The van der Waals surface area contributed by atoms with E-state index in [9.17, 15) is 0 Å². The molecule has 118 valence electrons. The number of aromatic nitrogens is 2. The smallest absolute Gasteiger partial charge is 0.224 e. The van der Waals surface area contributed by atoms with Crippen LogP contribution in [0.3, 0.4) is 0 Å². The van der Waals surface area contributed by atoms with Crippen LogP contribution in [0.4, 0.5) is 11.4 Å². The number of anilines is 2. The summed E-state index contributed by atoms with van der Waals surface area (Å²) in [7, 11) is 0. The van der Waals surface area contributed by atoms with Crippen LogP contribution in [0.1, 0.15) is 11.3 Å². The molecule has 2 aromatic rings. The van der Waals surface area contributed by atoms with Crippen LogP contribution in [0, 0.1) is 18.3 Å². The van der Waals surface area contributed by atoms with E-state index < -0.39 is 0 Å². The SMILES string of the molecule is Cc1nc(Cl)nc(Cl)c1N1CCN(c2ccc(C#N)cc2)CC1. The van der Waals surface area contributed by atoms with Crippen LogP contribution in [-0.4, -0.2) is 36.1 Å². The first-order valence-electron chi connectivity index (χ1n) is 7.28. The molecular formula is C16H15Cl2N5. The molecule has 0 unspecified atom stereocenters. The molecule has 5 nitrogen and oxygen atoms in total. The average molecular weight is 348 g/mol. The van der Waals surface area contributed by atoms with Crippen molar-refractivity contribution in [1.82, 2.24) is 9.97 Å². The Balaban J connectivity index is 1.72. The molecule has 23 heavy (non-hydrogen) atoms. The first-order valence-corrected chi connectivity index (χ1v) is 8.04. The Hall–Kier alpha value is -2.03. The van der Waals surface area contributed by atoms with Crippen molar-refractivity contribution in [2.75, 3.05) is 36.0 Å². The summed E-state index contributed by atoms with van der Waals surface area (Å²) in [4.78, 5) is 12.7. The highest BCUT2D eigenvalue weighted by atomic mass is 35.5. The zero-order valence-electron chi connectivity index (χ0n) is 12.6. The fourth-order valence-electron chi connectivity index (χ4n) is 2.79. The molecule has 0 amide bonds. The maximum Gasteiger partial charge on any atom is 0.224 e. The Bertz CT molecular complexity index is 723. The minimum Gasteiger partial charge on any atom is -0.368 e. The summed E-state index contributed by atoms with van der Waals surface area (Å²) < 4.78 is 0. The fourth-order valence-corrected chi connectivity index (χ4v) is 3.38. The molecule has 1 aliphatic heterocycles. The van der Waals surface area contributed by atoms with Crippen molar-refractivity contribution in [2.45, 2.75) is 6.92 Å². The summed E-state index contributed by atoms with van der Waals surface area (Å²) in [5.74, 6) is 0. The van der Waals surface area contributed by atoms with Gasteiger partial charge in [0.05, 0.1) is 23.0 Å². The lowest BCUT2D eigenvalue weighted by molar-refractivity contribution is 0.650. The Labute approximate surface area is 145 Å². The molecule has 0 bridgehead atoms. The molecule has 1 aromatic carbocycles. The van der Waals surface area contributed by atoms with Crippen LogP contribution in [0.15, 0.2) is 24.3 Å². The van der Waals surface area contributed by atoms with Crippen LogP contribution in [0.25, 0.3) is 0 Å². The molecule has 0 atom stereocenters. The molecule has 1 aromatic heterocycles. The summed E-state index contributed by atoms with van der Waals surface area (Å²) in [5, 5.41) is 9.44. The Morgan fingerprint density at radius 3 is 2.17 bits per heavy atom. The number of aryl methyl sites for hydroxylation is 1. The molecule has 0 N–H and O–H groups in total. The second-order valence-corrected chi connectivity index (χ2v) is 6.05.